The van der Waals surface area contributed by atoms with Crippen molar-refractivity contribution < 1.29 is 13.9 Å². The number of methoxy groups -OCH3 is 2. The van der Waals surface area contributed by atoms with E-state index in [2.05, 4.69) is 31.4 Å². The quantitative estimate of drug-likeness (QED) is 0.369. The maximum Gasteiger partial charge on any atom is 0.173 e. The molecule has 35 heavy (non-hydrogen) atoms. The molecule has 182 valence electrons. The topological polar surface area (TPSA) is 68.5 Å². The summed E-state index contributed by atoms with van der Waals surface area (Å²) in [4.78, 5) is 5.61. The minimum absolute atomic E-state index is 0.197. The van der Waals surface area contributed by atoms with E-state index in [1.165, 1.54) is 10.9 Å². The van der Waals surface area contributed by atoms with Crippen LogP contribution in [0.15, 0.2) is 60.0 Å². The van der Waals surface area contributed by atoms with Gasteiger partial charge in [0.05, 0.1) is 32.5 Å². The summed E-state index contributed by atoms with van der Waals surface area (Å²) >= 11 is 1.67. The average Bonchev–Trinajstić information content (AvgIpc) is 3.58. The Hall–Kier alpha value is -3.50. The van der Waals surface area contributed by atoms with Gasteiger partial charge in [0.25, 0.3) is 0 Å². The number of anilines is 1. The average molecular weight is 495 g/mol. The van der Waals surface area contributed by atoms with Crippen molar-refractivity contribution in [1.29, 1.82) is 0 Å². The highest BCUT2D eigenvalue weighted by Crippen LogP contribution is 2.35. The third-order valence-electron chi connectivity index (χ3n) is 6.29. The van der Waals surface area contributed by atoms with Gasteiger partial charge in [-0.05, 0) is 51.7 Å². The van der Waals surface area contributed by atoms with Crippen LogP contribution in [0.1, 0.15) is 22.3 Å². The molecule has 0 N–H and O–H groups in total. The van der Waals surface area contributed by atoms with Gasteiger partial charge in [-0.15, -0.1) is 16.4 Å². The maximum absolute atomic E-state index is 14.4. The number of aromatic nitrogens is 4. The molecule has 0 amide bonds. The Bertz CT molecular complexity index is 1260. The fraction of sp³-hybridized carbons (Fsp3) is 0.320. The number of hydrogen-bond acceptors (Lipinski definition) is 8. The van der Waals surface area contributed by atoms with Crippen LogP contribution in [0.25, 0.3) is 0 Å². The Labute approximate surface area is 207 Å². The summed E-state index contributed by atoms with van der Waals surface area (Å²) in [5, 5.41) is 14.8. The smallest absolute Gasteiger partial charge is 0.173 e. The number of halogens is 1. The molecule has 0 aliphatic carbocycles. The monoisotopic (exact) mass is 494 g/mol. The first kappa shape index (κ1) is 23.3. The van der Waals surface area contributed by atoms with Crippen molar-refractivity contribution >= 4 is 17.0 Å². The van der Waals surface area contributed by atoms with Crippen LogP contribution in [0, 0.1) is 5.82 Å². The van der Waals surface area contributed by atoms with E-state index in [0.717, 1.165) is 24.5 Å². The number of para-hydroxylation sites is 1. The van der Waals surface area contributed by atoms with Gasteiger partial charge in [0.2, 0.25) is 0 Å². The van der Waals surface area contributed by atoms with Crippen molar-refractivity contribution in [1.82, 2.24) is 25.1 Å². The van der Waals surface area contributed by atoms with E-state index < -0.39 is 0 Å². The van der Waals surface area contributed by atoms with Crippen LogP contribution < -0.4 is 14.4 Å². The van der Waals surface area contributed by atoms with Crippen LogP contribution in [0.3, 0.4) is 0 Å². The Morgan fingerprint density at radius 2 is 1.77 bits per heavy atom. The van der Waals surface area contributed by atoms with E-state index in [1.54, 1.807) is 31.6 Å². The van der Waals surface area contributed by atoms with E-state index in [9.17, 15) is 4.39 Å². The second-order valence-corrected chi connectivity index (χ2v) is 9.30. The first-order chi connectivity index (χ1) is 17.2. The molecule has 1 atom stereocenters. The molecule has 1 fully saturated rings. The molecular weight excluding hydrogens is 467 g/mol. The summed E-state index contributed by atoms with van der Waals surface area (Å²) in [6.07, 6.45) is 0. The summed E-state index contributed by atoms with van der Waals surface area (Å²) in [6.45, 7) is 3.42. The number of hydrogen-bond donors (Lipinski definition) is 0. The van der Waals surface area contributed by atoms with Crippen LogP contribution in [0.4, 0.5) is 10.1 Å². The largest absolute Gasteiger partial charge is 0.493 e. The van der Waals surface area contributed by atoms with Crippen molar-refractivity contribution in [2.75, 3.05) is 45.3 Å². The standard InChI is InChI=1S/C25H27FN6O2S/c1-33-22-10-9-18(16-23(22)34-2)24(25-27-28-29-32(25)17-19-6-5-15-35-19)31-13-11-30(12-14-31)21-8-4-3-7-20(21)26/h3-10,15-16,24H,11-14,17H2,1-2H3/t24-/m0/s1. The van der Waals surface area contributed by atoms with Crippen molar-refractivity contribution in [3.8, 4) is 11.5 Å². The Morgan fingerprint density at radius 3 is 2.49 bits per heavy atom. The number of nitrogens with zero attached hydrogens (tertiary/aromatic N) is 6. The van der Waals surface area contributed by atoms with Gasteiger partial charge in [0, 0.05) is 31.1 Å². The molecule has 3 heterocycles. The number of ether oxygens (including phenoxy) is 2. The molecule has 0 radical (unpaired) electrons. The lowest BCUT2D eigenvalue weighted by Gasteiger charge is -2.40. The van der Waals surface area contributed by atoms with Crippen LogP contribution in [-0.2, 0) is 6.54 Å². The third kappa shape index (κ3) is 4.85. The van der Waals surface area contributed by atoms with Crippen molar-refractivity contribution in [2.45, 2.75) is 12.6 Å². The van der Waals surface area contributed by atoms with Crippen LogP contribution in [0.5, 0.6) is 11.5 Å². The summed E-state index contributed by atoms with van der Waals surface area (Å²) in [5.41, 5.74) is 1.64. The zero-order valence-electron chi connectivity index (χ0n) is 19.7. The predicted octanol–water partition coefficient (Wildman–Crippen LogP) is 3.85. The van der Waals surface area contributed by atoms with E-state index in [1.807, 2.05) is 46.5 Å². The van der Waals surface area contributed by atoms with Crippen molar-refractivity contribution in [3.63, 3.8) is 0 Å². The van der Waals surface area contributed by atoms with Gasteiger partial charge in [-0.1, -0.05) is 24.3 Å². The van der Waals surface area contributed by atoms with E-state index >= 15 is 0 Å². The zero-order valence-corrected chi connectivity index (χ0v) is 20.5. The molecule has 1 saturated heterocycles. The summed E-state index contributed by atoms with van der Waals surface area (Å²) in [7, 11) is 3.25. The molecule has 8 nitrogen and oxygen atoms in total. The van der Waals surface area contributed by atoms with Crippen molar-refractivity contribution in [3.05, 3.63) is 82.1 Å². The molecule has 1 aliphatic heterocycles. The third-order valence-corrected chi connectivity index (χ3v) is 7.15. The molecule has 0 bridgehead atoms. The number of rotatable bonds is 8. The lowest BCUT2D eigenvalue weighted by Crippen LogP contribution is -2.48. The highest BCUT2D eigenvalue weighted by atomic mass is 32.1. The van der Waals surface area contributed by atoms with Gasteiger partial charge >= 0.3 is 0 Å². The van der Waals surface area contributed by atoms with E-state index in [-0.39, 0.29) is 11.9 Å². The Balaban J connectivity index is 1.47. The minimum Gasteiger partial charge on any atom is -0.493 e. The van der Waals surface area contributed by atoms with Crippen LogP contribution >= 0.6 is 11.3 Å². The Kier molecular flexibility index (Phi) is 6.91. The van der Waals surface area contributed by atoms with Gasteiger partial charge < -0.3 is 14.4 Å². The zero-order chi connectivity index (χ0) is 24.2. The van der Waals surface area contributed by atoms with Gasteiger partial charge in [-0.25, -0.2) is 9.07 Å². The molecule has 0 unspecified atom stereocenters. The fourth-order valence-corrected chi connectivity index (χ4v) is 5.23. The second kappa shape index (κ2) is 10.4. The highest BCUT2D eigenvalue weighted by molar-refractivity contribution is 7.09. The predicted molar refractivity (Wildman–Crippen MR) is 133 cm³/mol. The summed E-state index contributed by atoms with van der Waals surface area (Å²) in [5.74, 6) is 1.87. The van der Waals surface area contributed by atoms with Gasteiger partial charge in [-0.3, -0.25) is 4.90 Å². The summed E-state index contributed by atoms with van der Waals surface area (Å²) in [6, 6.07) is 16.7. The molecule has 2 aromatic heterocycles. The van der Waals surface area contributed by atoms with Crippen LogP contribution in [-0.4, -0.2) is 65.5 Å². The molecule has 4 aromatic rings. The number of thiophene rings is 1. The first-order valence-electron chi connectivity index (χ1n) is 11.4. The molecule has 10 heteroatoms. The minimum atomic E-state index is -0.201. The molecule has 5 rings (SSSR count). The van der Waals surface area contributed by atoms with Gasteiger partial charge in [0.1, 0.15) is 5.82 Å². The first-order valence-corrected chi connectivity index (χ1v) is 12.3. The van der Waals surface area contributed by atoms with E-state index in [0.29, 0.717) is 36.8 Å². The maximum atomic E-state index is 14.4. The normalized spacial score (nSPS) is 15.2. The fourth-order valence-electron chi connectivity index (χ4n) is 4.55. The summed E-state index contributed by atoms with van der Waals surface area (Å²) < 4.78 is 27.3. The lowest BCUT2D eigenvalue weighted by atomic mass is 10.0. The highest BCUT2D eigenvalue weighted by Gasteiger charge is 2.32. The SMILES string of the molecule is COc1ccc([C@@H](c2nnnn2Cc2cccs2)N2CCN(c3ccccc3F)CC2)cc1OC. The molecule has 2 aromatic carbocycles. The molecular formula is C25H27FN6O2S. The molecule has 1 aliphatic rings. The molecule has 0 spiro atoms. The van der Waals surface area contributed by atoms with E-state index in [4.69, 9.17) is 9.47 Å². The Morgan fingerprint density at radius 1 is 0.971 bits per heavy atom. The second-order valence-electron chi connectivity index (χ2n) is 8.27. The number of piperazine rings is 1. The lowest BCUT2D eigenvalue weighted by molar-refractivity contribution is 0.200. The van der Waals surface area contributed by atoms with Crippen molar-refractivity contribution in [2.24, 2.45) is 0 Å². The molecule has 0 saturated carbocycles. The van der Waals surface area contributed by atoms with Gasteiger partial charge in [0.15, 0.2) is 17.3 Å². The number of tetrazole rings is 1. The number of benzene rings is 2. The van der Waals surface area contributed by atoms with Gasteiger partial charge in [-0.2, -0.15) is 0 Å². The van der Waals surface area contributed by atoms with Crippen LogP contribution in [0.2, 0.25) is 0 Å².